The molecule has 0 saturated carbocycles. The van der Waals surface area contributed by atoms with E-state index in [1.165, 1.54) is 6.33 Å². The first-order valence-electron chi connectivity index (χ1n) is 8.82. The summed E-state index contributed by atoms with van der Waals surface area (Å²) in [4.78, 5) is 16.9. The summed E-state index contributed by atoms with van der Waals surface area (Å²) in [7, 11) is 0. The fourth-order valence-corrected chi connectivity index (χ4v) is 3.73. The van der Waals surface area contributed by atoms with Crippen LogP contribution in [0, 0.1) is 0 Å². The molecule has 8 heteroatoms. The number of nitrogens with zero attached hydrogens (tertiary/aromatic N) is 4. The number of hydrogen-bond acceptors (Lipinski definition) is 4. The predicted octanol–water partition coefficient (Wildman–Crippen LogP) is 3.26. The number of halogens is 1. The van der Waals surface area contributed by atoms with Gasteiger partial charge in [-0.1, -0.05) is 11.6 Å². The minimum absolute atomic E-state index is 0.0748. The molecule has 27 heavy (non-hydrogen) atoms. The van der Waals surface area contributed by atoms with Gasteiger partial charge in [0.2, 0.25) is 5.91 Å². The fourth-order valence-electron chi connectivity index (χ4n) is 3.56. The van der Waals surface area contributed by atoms with E-state index in [0.29, 0.717) is 36.0 Å². The number of amides is 1. The first-order chi connectivity index (χ1) is 13.2. The van der Waals surface area contributed by atoms with Crippen LogP contribution in [-0.4, -0.2) is 38.5 Å². The zero-order valence-electron chi connectivity index (χ0n) is 14.7. The van der Waals surface area contributed by atoms with Gasteiger partial charge in [0.1, 0.15) is 12.7 Å². The first kappa shape index (κ1) is 17.8. The smallest absolute Gasteiger partial charge is 0.226 e. The average molecular weight is 386 g/mol. The second-order valence-corrected chi connectivity index (χ2v) is 7.09. The van der Waals surface area contributed by atoms with Crippen molar-refractivity contribution < 1.29 is 9.53 Å². The summed E-state index contributed by atoms with van der Waals surface area (Å²) in [6.07, 6.45) is 9.00. The molecule has 0 bridgehead atoms. The van der Waals surface area contributed by atoms with Crippen LogP contribution in [0.2, 0.25) is 5.02 Å². The summed E-state index contributed by atoms with van der Waals surface area (Å²) >= 11 is 6.14. The molecule has 1 aromatic carbocycles. The maximum Gasteiger partial charge on any atom is 0.226 e. The third kappa shape index (κ3) is 3.74. The highest BCUT2D eigenvalue weighted by Gasteiger charge is 2.36. The SMILES string of the molecule is O=C(CC1(n2cccc2)CCOCC1)Nc1cc(Cl)ccc1-n1cncn1. The molecule has 1 fully saturated rings. The van der Waals surface area contributed by atoms with Gasteiger partial charge in [-0.3, -0.25) is 4.79 Å². The monoisotopic (exact) mass is 385 g/mol. The highest BCUT2D eigenvalue weighted by atomic mass is 35.5. The summed E-state index contributed by atoms with van der Waals surface area (Å²) in [6.45, 7) is 1.29. The van der Waals surface area contributed by atoms with Crippen LogP contribution in [0.4, 0.5) is 5.69 Å². The van der Waals surface area contributed by atoms with Gasteiger partial charge in [0.15, 0.2) is 0 Å². The Kier molecular flexibility index (Phi) is 4.96. The first-order valence-corrected chi connectivity index (χ1v) is 9.20. The van der Waals surface area contributed by atoms with Crippen LogP contribution in [0.5, 0.6) is 0 Å². The molecular formula is C19H20ClN5O2. The number of carbonyl (C=O) groups is 1. The Morgan fingerprint density at radius 2 is 2.04 bits per heavy atom. The predicted molar refractivity (Wildman–Crippen MR) is 102 cm³/mol. The van der Waals surface area contributed by atoms with E-state index < -0.39 is 0 Å². The molecular weight excluding hydrogens is 366 g/mol. The standard InChI is InChI=1S/C19H20ClN5O2/c20-15-3-4-17(25-14-21-13-22-25)16(11-15)23-18(26)12-19(5-9-27-10-6-19)24-7-1-2-8-24/h1-4,7-8,11,13-14H,5-6,9-10,12H2,(H,23,26). The van der Waals surface area contributed by atoms with Crippen molar-refractivity contribution in [3.63, 3.8) is 0 Å². The van der Waals surface area contributed by atoms with E-state index in [2.05, 4.69) is 20.0 Å². The van der Waals surface area contributed by atoms with Crippen molar-refractivity contribution in [1.29, 1.82) is 0 Å². The molecule has 2 aromatic heterocycles. The maximum absolute atomic E-state index is 13.0. The zero-order chi connectivity index (χ0) is 18.7. The van der Waals surface area contributed by atoms with Crippen molar-refractivity contribution in [1.82, 2.24) is 19.3 Å². The highest BCUT2D eigenvalue weighted by molar-refractivity contribution is 6.31. The van der Waals surface area contributed by atoms with Crippen molar-refractivity contribution in [2.24, 2.45) is 0 Å². The number of aromatic nitrogens is 4. The molecule has 1 saturated heterocycles. The van der Waals surface area contributed by atoms with E-state index in [1.54, 1.807) is 23.1 Å². The van der Waals surface area contributed by atoms with E-state index in [1.807, 2.05) is 30.6 Å². The molecule has 1 aliphatic rings. The van der Waals surface area contributed by atoms with Crippen molar-refractivity contribution in [3.05, 3.63) is 60.4 Å². The van der Waals surface area contributed by atoms with Crippen LogP contribution < -0.4 is 5.32 Å². The number of carbonyl (C=O) groups excluding carboxylic acids is 1. The number of rotatable bonds is 5. The van der Waals surface area contributed by atoms with Gasteiger partial charge in [0.05, 0.1) is 23.3 Å². The van der Waals surface area contributed by atoms with Crippen molar-refractivity contribution in [3.8, 4) is 5.69 Å². The topological polar surface area (TPSA) is 74.0 Å². The third-order valence-corrected chi connectivity index (χ3v) is 5.20. The molecule has 0 unspecified atom stereocenters. The van der Waals surface area contributed by atoms with Crippen LogP contribution in [-0.2, 0) is 15.1 Å². The van der Waals surface area contributed by atoms with Gasteiger partial charge >= 0.3 is 0 Å². The van der Waals surface area contributed by atoms with Crippen molar-refractivity contribution in [2.75, 3.05) is 18.5 Å². The summed E-state index contributed by atoms with van der Waals surface area (Å²) in [6, 6.07) is 9.25. The number of ether oxygens (including phenoxy) is 1. The van der Waals surface area contributed by atoms with Crippen LogP contribution in [0.25, 0.3) is 5.69 Å². The normalized spacial score (nSPS) is 16.2. The lowest BCUT2D eigenvalue weighted by molar-refractivity contribution is -0.119. The lowest BCUT2D eigenvalue weighted by Gasteiger charge is -2.38. The second kappa shape index (κ2) is 7.54. The molecule has 0 atom stereocenters. The minimum atomic E-state index is -0.280. The van der Waals surface area contributed by atoms with Gasteiger partial charge in [-0.2, -0.15) is 5.10 Å². The van der Waals surface area contributed by atoms with Gasteiger partial charge in [0, 0.05) is 30.6 Å². The summed E-state index contributed by atoms with van der Waals surface area (Å²) in [5.74, 6) is -0.0748. The van der Waals surface area contributed by atoms with E-state index >= 15 is 0 Å². The second-order valence-electron chi connectivity index (χ2n) is 6.65. The summed E-state index contributed by atoms with van der Waals surface area (Å²) in [5.41, 5.74) is 1.04. The highest BCUT2D eigenvalue weighted by Crippen LogP contribution is 2.34. The lowest BCUT2D eigenvalue weighted by atomic mass is 9.86. The molecule has 140 valence electrons. The minimum Gasteiger partial charge on any atom is -0.381 e. The maximum atomic E-state index is 13.0. The molecule has 3 aromatic rings. The quantitative estimate of drug-likeness (QED) is 0.731. The van der Waals surface area contributed by atoms with Crippen LogP contribution in [0.3, 0.4) is 0 Å². The van der Waals surface area contributed by atoms with Crippen LogP contribution in [0.15, 0.2) is 55.4 Å². The van der Waals surface area contributed by atoms with E-state index in [4.69, 9.17) is 16.3 Å². The van der Waals surface area contributed by atoms with E-state index in [9.17, 15) is 4.79 Å². The lowest BCUT2D eigenvalue weighted by Crippen LogP contribution is -2.42. The van der Waals surface area contributed by atoms with E-state index in [0.717, 1.165) is 12.8 Å². The van der Waals surface area contributed by atoms with Gasteiger partial charge in [-0.25, -0.2) is 9.67 Å². The van der Waals surface area contributed by atoms with Gasteiger partial charge in [-0.15, -0.1) is 0 Å². The Balaban J connectivity index is 1.58. The molecule has 7 nitrogen and oxygen atoms in total. The Morgan fingerprint density at radius 1 is 1.26 bits per heavy atom. The van der Waals surface area contributed by atoms with Gasteiger partial charge < -0.3 is 14.6 Å². The average Bonchev–Trinajstić information content (AvgIpc) is 3.37. The number of nitrogens with one attached hydrogen (secondary N) is 1. The Bertz CT molecular complexity index is 902. The summed E-state index contributed by atoms with van der Waals surface area (Å²) in [5, 5.41) is 7.69. The molecule has 0 spiro atoms. The molecule has 1 aliphatic heterocycles. The molecule has 0 radical (unpaired) electrons. The molecule has 4 rings (SSSR count). The van der Waals surface area contributed by atoms with Gasteiger partial charge in [-0.05, 0) is 43.2 Å². The number of benzene rings is 1. The van der Waals surface area contributed by atoms with Gasteiger partial charge in [0.25, 0.3) is 0 Å². The van der Waals surface area contributed by atoms with Crippen LogP contribution in [0.1, 0.15) is 19.3 Å². The van der Waals surface area contributed by atoms with Crippen LogP contribution >= 0.6 is 11.6 Å². The Labute approximate surface area is 161 Å². The summed E-state index contributed by atoms with van der Waals surface area (Å²) < 4.78 is 9.26. The molecule has 1 N–H and O–H groups in total. The number of anilines is 1. The Hall–Kier alpha value is -2.64. The zero-order valence-corrected chi connectivity index (χ0v) is 15.5. The fraction of sp³-hybridized carbons (Fsp3) is 0.316. The molecule has 1 amide bonds. The van der Waals surface area contributed by atoms with Crippen molar-refractivity contribution >= 4 is 23.2 Å². The largest absolute Gasteiger partial charge is 0.381 e. The third-order valence-electron chi connectivity index (χ3n) is 4.96. The van der Waals surface area contributed by atoms with E-state index in [-0.39, 0.29) is 11.4 Å². The molecule has 0 aliphatic carbocycles. The molecule has 3 heterocycles. The number of hydrogen-bond donors (Lipinski definition) is 1. The van der Waals surface area contributed by atoms with Crippen molar-refractivity contribution in [2.45, 2.75) is 24.8 Å². The Morgan fingerprint density at radius 3 is 2.74 bits per heavy atom.